The van der Waals surface area contributed by atoms with Crippen molar-refractivity contribution in [2.45, 2.75) is 24.3 Å². The molecule has 6 aromatic carbocycles. The maximum Gasteiger partial charge on any atom is 0.417 e. The summed E-state index contributed by atoms with van der Waals surface area (Å²) >= 11 is 0. The van der Waals surface area contributed by atoms with Crippen LogP contribution < -0.4 is 4.90 Å². The van der Waals surface area contributed by atoms with Gasteiger partial charge in [-0.05, 0) is 70.3 Å². The maximum atomic E-state index is 14.6. The minimum absolute atomic E-state index is 0.116. The summed E-state index contributed by atoms with van der Waals surface area (Å²) in [7, 11) is 0. The van der Waals surface area contributed by atoms with Gasteiger partial charge in [0.2, 0.25) is 0 Å². The highest BCUT2D eigenvalue weighted by atomic mass is 19.4. The third-order valence-corrected chi connectivity index (χ3v) is 10.4. The Labute approximate surface area is 332 Å². The van der Waals surface area contributed by atoms with Crippen LogP contribution in [0.15, 0.2) is 158 Å². The summed E-state index contributed by atoms with van der Waals surface area (Å²) in [6.07, 6.45) is -5.16. The number of hydrogen-bond donors (Lipinski definition) is 0. The van der Waals surface area contributed by atoms with Crippen molar-refractivity contribution in [1.82, 2.24) is 15.0 Å². The zero-order chi connectivity index (χ0) is 41.1. The zero-order valence-electron chi connectivity index (χ0n) is 30.5. The summed E-state index contributed by atoms with van der Waals surface area (Å²) in [6.45, 7) is 0. The molecule has 0 radical (unpaired) electrons. The lowest BCUT2D eigenvalue weighted by atomic mass is 9.84. The van der Waals surface area contributed by atoms with Crippen molar-refractivity contribution in [3.8, 4) is 45.3 Å². The lowest BCUT2D eigenvalue weighted by Crippen LogP contribution is -2.29. The molecule has 0 amide bonds. The topological polar surface area (TPSA) is 41.9 Å². The molecule has 12 heteroatoms. The number of halogens is 8. The van der Waals surface area contributed by atoms with Crippen molar-refractivity contribution >= 4 is 16.9 Å². The Morgan fingerprint density at radius 3 is 1.73 bits per heavy atom. The van der Waals surface area contributed by atoms with Crippen LogP contribution in [0.25, 0.3) is 50.9 Å². The molecule has 2 atom stereocenters. The van der Waals surface area contributed by atoms with Crippen LogP contribution in [-0.4, -0.2) is 21.0 Å². The fourth-order valence-electron chi connectivity index (χ4n) is 7.77. The van der Waals surface area contributed by atoms with Crippen molar-refractivity contribution in [3.05, 3.63) is 192 Å². The van der Waals surface area contributed by atoms with E-state index in [1.807, 2.05) is 83.8 Å². The molecule has 292 valence electrons. The Balaban J connectivity index is 1.24. The van der Waals surface area contributed by atoms with E-state index in [1.165, 1.54) is 18.2 Å². The van der Waals surface area contributed by atoms with Crippen LogP contribution in [0.2, 0.25) is 0 Å². The fraction of sp³-hybridized carbons (Fsp3) is 0.0851. The molecule has 59 heavy (non-hydrogen) atoms. The first-order valence-electron chi connectivity index (χ1n) is 18.4. The van der Waals surface area contributed by atoms with Gasteiger partial charge in [-0.1, -0.05) is 109 Å². The number of nitrogens with zero attached hydrogens (tertiary/aromatic N) is 4. The summed E-state index contributed by atoms with van der Waals surface area (Å²) in [5.74, 6) is -1.11. The van der Waals surface area contributed by atoms with E-state index in [2.05, 4.69) is 0 Å². The van der Waals surface area contributed by atoms with E-state index in [9.17, 15) is 35.1 Å². The second-order valence-electron chi connectivity index (χ2n) is 14.1. The molecular weight excluding hydrogens is 773 g/mol. The van der Waals surface area contributed by atoms with Gasteiger partial charge in [0.1, 0.15) is 11.6 Å². The summed E-state index contributed by atoms with van der Waals surface area (Å²) in [6, 6.07) is 35.5. The van der Waals surface area contributed by atoms with E-state index >= 15 is 0 Å². The molecule has 2 unspecified atom stereocenters. The summed E-state index contributed by atoms with van der Waals surface area (Å²) in [5, 5.41) is 0. The first kappa shape index (κ1) is 37.6. The second kappa shape index (κ2) is 14.5. The lowest BCUT2D eigenvalue weighted by Gasteiger charge is -2.31. The number of aromatic nitrogens is 3. The van der Waals surface area contributed by atoms with Gasteiger partial charge in [0, 0.05) is 34.4 Å². The molecule has 0 saturated carbocycles. The van der Waals surface area contributed by atoms with E-state index < -0.39 is 47.1 Å². The van der Waals surface area contributed by atoms with E-state index in [1.54, 1.807) is 36.4 Å². The molecule has 2 heterocycles. The summed E-state index contributed by atoms with van der Waals surface area (Å²) in [5.41, 5.74) is 1.58. The first-order valence-corrected chi connectivity index (χ1v) is 18.4. The normalized spacial score (nSPS) is 16.1. The van der Waals surface area contributed by atoms with Gasteiger partial charge < -0.3 is 4.90 Å². The molecule has 7 aromatic rings. The van der Waals surface area contributed by atoms with Crippen LogP contribution in [0.5, 0.6) is 0 Å². The van der Waals surface area contributed by atoms with Crippen LogP contribution in [0.1, 0.15) is 28.2 Å². The Hall–Kier alpha value is -6.95. The average molecular weight is 801 g/mol. The minimum atomic E-state index is -5.06. The minimum Gasteiger partial charge on any atom is -0.333 e. The Bertz CT molecular complexity index is 2720. The smallest absolute Gasteiger partial charge is 0.333 e. The van der Waals surface area contributed by atoms with E-state index in [0.29, 0.717) is 51.3 Å². The molecule has 1 aliphatic heterocycles. The molecule has 0 N–H and O–H groups in total. The standard InChI is InChI=1S/C47H28F8N4/c48-33-21-31(22-34(49)26-33)29-15-19-42(38(23-29)45-57-43(27-9-3-1-4-10-27)56-44(58-45)28-11-5-2-6-12-28)59-40-14-8-7-13-36(40)37-24-30(16-20-41(37)59)35-18-17-32(46(50,51)52)25-39(35)47(53,54)55/h1-26,37,41H. The molecule has 1 aromatic heterocycles. The predicted molar refractivity (Wildman–Crippen MR) is 210 cm³/mol. The van der Waals surface area contributed by atoms with E-state index in [-0.39, 0.29) is 28.6 Å². The van der Waals surface area contributed by atoms with Gasteiger partial charge in [-0.2, -0.15) is 26.3 Å². The molecule has 9 rings (SSSR count). The molecule has 0 saturated heterocycles. The van der Waals surface area contributed by atoms with E-state index in [0.717, 1.165) is 17.7 Å². The maximum absolute atomic E-state index is 14.6. The van der Waals surface area contributed by atoms with Crippen molar-refractivity contribution in [2.24, 2.45) is 0 Å². The predicted octanol–water partition coefficient (Wildman–Crippen LogP) is 13.1. The van der Waals surface area contributed by atoms with E-state index in [4.69, 9.17) is 15.0 Å². The number of allylic oxidation sites excluding steroid dienone is 2. The number of para-hydroxylation sites is 1. The molecule has 2 aliphatic rings. The SMILES string of the molecule is Fc1cc(F)cc(-c2ccc(N3c4ccccc4C4C=C(c5ccc(C(F)(F)F)cc5C(F)(F)F)C=CC43)c(-c3nc(-c4ccccc4)nc(-c4ccccc4)n3)c2)c1. The molecular formula is C47H28F8N4. The van der Waals surface area contributed by atoms with Crippen LogP contribution in [0.4, 0.5) is 46.5 Å². The number of anilines is 2. The van der Waals surface area contributed by atoms with Crippen LogP contribution in [0.3, 0.4) is 0 Å². The van der Waals surface area contributed by atoms with Gasteiger partial charge in [-0.3, -0.25) is 0 Å². The quantitative estimate of drug-likeness (QED) is 0.157. The van der Waals surface area contributed by atoms with Gasteiger partial charge in [0.15, 0.2) is 17.5 Å². The number of alkyl halides is 6. The van der Waals surface area contributed by atoms with Crippen LogP contribution in [0, 0.1) is 11.6 Å². The van der Waals surface area contributed by atoms with Gasteiger partial charge in [-0.15, -0.1) is 0 Å². The number of benzene rings is 6. The number of fused-ring (bicyclic) bond motifs is 3. The Kier molecular flexibility index (Phi) is 9.22. The van der Waals surface area contributed by atoms with Crippen molar-refractivity contribution in [2.75, 3.05) is 4.90 Å². The van der Waals surface area contributed by atoms with Crippen molar-refractivity contribution in [3.63, 3.8) is 0 Å². The molecule has 4 nitrogen and oxygen atoms in total. The first-order chi connectivity index (χ1) is 28.3. The van der Waals surface area contributed by atoms with Crippen molar-refractivity contribution in [1.29, 1.82) is 0 Å². The fourth-order valence-corrected chi connectivity index (χ4v) is 7.77. The molecule has 0 fully saturated rings. The zero-order valence-corrected chi connectivity index (χ0v) is 30.5. The highest BCUT2D eigenvalue weighted by molar-refractivity contribution is 5.90. The number of rotatable bonds is 6. The highest BCUT2D eigenvalue weighted by Gasteiger charge is 2.42. The molecule has 1 aliphatic carbocycles. The summed E-state index contributed by atoms with van der Waals surface area (Å²) in [4.78, 5) is 16.7. The monoisotopic (exact) mass is 800 g/mol. The molecule has 0 spiro atoms. The largest absolute Gasteiger partial charge is 0.417 e. The van der Waals surface area contributed by atoms with Gasteiger partial charge >= 0.3 is 12.4 Å². The van der Waals surface area contributed by atoms with Gasteiger partial charge in [-0.25, -0.2) is 23.7 Å². The van der Waals surface area contributed by atoms with Crippen LogP contribution in [-0.2, 0) is 12.4 Å². The third kappa shape index (κ3) is 7.15. The van der Waals surface area contributed by atoms with Crippen molar-refractivity contribution < 1.29 is 35.1 Å². The average Bonchev–Trinajstić information content (AvgIpc) is 3.56. The number of hydrogen-bond acceptors (Lipinski definition) is 4. The molecule has 0 bridgehead atoms. The lowest BCUT2D eigenvalue weighted by molar-refractivity contribution is -0.143. The Morgan fingerprint density at radius 2 is 1.10 bits per heavy atom. The summed E-state index contributed by atoms with van der Waals surface area (Å²) < 4.78 is 113. The highest BCUT2D eigenvalue weighted by Crippen LogP contribution is 2.52. The van der Waals surface area contributed by atoms with Gasteiger partial charge in [0.25, 0.3) is 0 Å². The Morgan fingerprint density at radius 1 is 0.492 bits per heavy atom. The van der Waals surface area contributed by atoms with Gasteiger partial charge in [0.05, 0.1) is 22.9 Å². The second-order valence-corrected chi connectivity index (χ2v) is 14.1. The third-order valence-electron chi connectivity index (χ3n) is 10.4. The van der Waals surface area contributed by atoms with Crippen LogP contribution >= 0.6 is 0 Å².